The highest BCUT2D eigenvalue weighted by Crippen LogP contribution is 2.41. The number of methoxy groups -OCH3 is 1. The van der Waals surface area contributed by atoms with Gasteiger partial charge in [0.1, 0.15) is 17.5 Å². The second-order valence-electron chi connectivity index (χ2n) is 10.7. The van der Waals surface area contributed by atoms with Crippen molar-refractivity contribution in [1.29, 1.82) is 5.26 Å². The number of nitrogens with one attached hydrogen (secondary N) is 2. The van der Waals surface area contributed by atoms with Crippen LogP contribution in [-0.2, 0) is 11.3 Å². The number of ether oxygens (including phenoxy) is 1. The minimum absolute atomic E-state index is 0.0605. The molecule has 1 fully saturated rings. The van der Waals surface area contributed by atoms with Gasteiger partial charge < -0.3 is 20.1 Å². The molecule has 0 saturated carbocycles. The van der Waals surface area contributed by atoms with Crippen LogP contribution in [0.25, 0.3) is 28.3 Å². The number of aromatic hydroxyl groups is 1. The molecule has 2 heterocycles. The lowest BCUT2D eigenvalue weighted by molar-refractivity contribution is -0.384. The van der Waals surface area contributed by atoms with Crippen molar-refractivity contribution in [1.82, 2.24) is 15.8 Å². The second-order valence-corrected chi connectivity index (χ2v) is 10.7. The van der Waals surface area contributed by atoms with Gasteiger partial charge in [0.25, 0.3) is 11.6 Å². The van der Waals surface area contributed by atoms with Crippen LogP contribution in [0.2, 0.25) is 0 Å². The van der Waals surface area contributed by atoms with E-state index in [4.69, 9.17) is 14.9 Å². The maximum Gasteiger partial charge on any atom is 0.269 e. The van der Waals surface area contributed by atoms with E-state index in [1.807, 2.05) is 24.3 Å². The minimum Gasteiger partial charge on any atom is -0.504 e. The summed E-state index contributed by atoms with van der Waals surface area (Å²) in [5.74, 6) is 0.187. The summed E-state index contributed by atoms with van der Waals surface area (Å²) in [5, 5.41) is 44.4. The third kappa shape index (κ3) is 7.13. The number of benzene rings is 3. The van der Waals surface area contributed by atoms with E-state index in [2.05, 4.69) is 16.3 Å². The first-order valence-corrected chi connectivity index (χ1v) is 14.6. The van der Waals surface area contributed by atoms with Gasteiger partial charge in [-0.25, -0.2) is 10.5 Å². The highest BCUT2D eigenvalue weighted by molar-refractivity contribution is 5.91. The molecule has 1 aliphatic rings. The van der Waals surface area contributed by atoms with E-state index in [1.54, 1.807) is 48.1 Å². The zero-order chi connectivity index (χ0) is 32.6. The smallest absolute Gasteiger partial charge is 0.269 e. The van der Waals surface area contributed by atoms with E-state index in [0.29, 0.717) is 59.0 Å². The van der Waals surface area contributed by atoms with Gasteiger partial charge in [-0.3, -0.25) is 20.1 Å². The monoisotopic (exact) mass is 620 g/mol. The number of nitrogens with zero attached hydrogens (tertiary/aromatic N) is 4. The van der Waals surface area contributed by atoms with Crippen LogP contribution < -0.4 is 20.4 Å². The number of phenolic OH excluding ortho intramolecular Hbond substituents is 1. The fraction of sp³-hybridized carbons (Fsp3) is 0.206. The van der Waals surface area contributed by atoms with E-state index in [9.17, 15) is 25.3 Å². The van der Waals surface area contributed by atoms with Crippen LogP contribution in [0.4, 0.5) is 11.5 Å². The molecular weight excluding hydrogens is 588 g/mol. The maximum absolute atomic E-state index is 11.3. The Morgan fingerprint density at radius 3 is 2.43 bits per heavy atom. The Morgan fingerprint density at radius 1 is 1.13 bits per heavy atom. The number of nitriles is 1. The molecule has 0 bridgehead atoms. The molecule has 1 amide bonds. The highest BCUT2D eigenvalue weighted by atomic mass is 16.6. The topological polar surface area (TPSA) is 174 Å². The number of nitro benzene ring substituents is 1. The van der Waals surface area contributed by atoms with Crippen LogP contribution in [0.15, 0.2) is 79.0 Å². The van der Waals surface area contributed by atoms with E-state index in [0.717, 1.165) is 24.0 Å². The van der Waals surface area contributed by atoms with Crippen molar-refractivity contribution in [2.45, 2.75) is 25.4 Å². The van der Waals surface area contributed by atoms with Crippen LogP contribution >= 0.6 is 0 Å². The lowest BCUT2D eigenvalue weighted by Crippen LogP contribution is -2.42. The number of carbonyl (C=O) groups is 1. The molecule has 0 spiro atoms. The summed E-state index contributed by atoms with van der Waals surface area (Å²) in [6.45, 7) is 2.00. The van der Waals surface area contributed by atoms with Crippen molar-refractivity contribution < 1.29 is 24.8 Å². The number of nitro groups is 1. The van der Waals surface area contributed by atoms with Gasteiger partial charge in [0.15, 0.2) is 11.5 Å². The van der Waals surface area contributed by atoms with Crippen molar-refractivity contribution in [2.75, 3.05) is 25.1 Å². The lowest BCUT2D eigenvalue weighted by Gasteiger charge is -2.34. The van der Waals surface area contributed by atoms with Gasteiger partial charge in [0, 0.05) is 61.2 Å². The van der Waals surface area contributed by atoms with E-state index in [1.165, 1.54) is 25.3 Å². The molecule has 1 saturated heterocycles. The maximum atomic E-state index is 11.3. The van der Waals surface area contributed by atoms with Gasteiger partial charge in [-0.1, -0.05) is 30.3 Å². The first kappa shape index (κ1) is 31.6. The number of hydrogen-bond donors (Lipinski definition) is 4. The Hall–Kier alpha value is -5.77. The molecule has 1 aromatic heterocycles. The predicted octanol–water partition coefficient (Wildman–Crippen LogP) is 5.19. The molecule has 4 N–H and O–H groups in total. The Labute approximate surface area is 265 Å². The molecule has 0 radical (unpaired) electrons. The summed E-state index contributed by atoms with van der Waals surface area (Å²) in [6.07, 6.45) is 6.19. The highest BCUT2D eigenvalue weighted by Gasteiger charge is 2.26. The van der Waals surface area contributed by atoms with Crippen LogP contribution in [-0.4, -0.2) is 52.4 Å². The van der Waals surface area contributed by atoms with Crippen molar-refractivity contribution in [2.24, 2.45) is 0 Å². The van der Waals surface area contributed by atoms with Crippen LogP contribution in [0.1, 0.15) is 29.5 Å². The molecule has 12 nitrogen and oxygen atoms in total. The standard InChI is InChI=1S/C34H32N6O6/c1-46-31-12-9-25(18-30(31)41)29-21-37-34(28(19-35)33(29)24-7-10-27(11-8-24)40(44)45)39-16-14-26(15-17-39)36-20-23-4-2-22(3-5-23)6-13-32(42)38-43/h2-13,18,21,26,36,41,43H,14-17,20H2,1H3,(H,38,42)/b13-6+. The molecule has 0 aliphatic carbocycles. The number of phenols is 1. The summed E-state index contributed by atoms with van der Waals surface area (Å²) < 4.78 is 5.19. The zero-order valence-corrected chi connectivity index (χ0v) is 25.0. The van der Waals surface area contributed by atoms with E-state index in [-0.39, 0.29) is 17.5 Å². The van der Waals surface area contributed by atoms with Gasteiger partial charge in [-0.15, -0.1) is 0 Å². The summed E-state index contributed by atoms with van der Waals surface area (Å²) in [4.78, 5) is 28.8. The average Bonchev–Trinajstić information content (AvgIpc) is 3.09. The number of amides is 1. The average molecular weight is 621 g/mol. The number of carbonyl (C=O) groups excluding carboxylic acids is 1. The van der Waals surface area contributed by atoms with Crippen molar-refractivity contribution >= 4 is 23.5 Å². The van der Waals surface area contributed by atoms with Gasteiger partial charge >= 0.3 is 0 Å². The van der Waals surface area contributed by atoms with Gasteiger partial charge in [-0.05, 0) is 65.4 Å². The summed E-state index contributed by atoms with van der Waals surface area (Å²) in [5.41, 5.74) is 6.18. The van der Waals surface area contributed by atoms with Gasteiger partial charge in [0.2, 0.25) is 0 Å². The van der Waals surface area contributed by atoms with Crippen molar-refractivity contribution in [3.8, 4) is 39.8 Å². The molecule has 12 heteroatoms. The Morgan fingerprint density at radius 2 is 1.83 bits per heavy atom. The molecule has 0 atom stereocenters. The van der Waals surface area contributed by atoms with Gasteiger partial charge in [0.05, 0.1) is 12.0 Å². The molecule has 0 unspecified atom stereocenters. The minimum atomic E-state index is -0.592. The first-order valence-electron chi connectivity index (χ1n) is 14.6. The van der Waals surface area contributed by atoms with E-state index >= 15 is 0 Å². The predicted molar refractivity (Wildman–Crippen MR) is 172 cm³/mol. The summed E-state index contributed by atoms with van der Waals surface area (Å²) in [6, 6.07) is 21.3. The van der Waals surface area contributed by atoms with E-state index < -0.39 is 10.8 Å². The first-order chi connectivity index (χ1) is 22.3. The lowest BCUT2D eigenvalue weighted by atomic mass is 9.91. The Bertz CT molecular complexity index is 1790. The van der Waals surface area contributed by atoms with Crippen LogP contribution in [0, 0.1) is 21.4 Å². The fourth-order valence-corrected chi connectivity index (χ4v) is 5.49. The normalized spacial score (nSPS) is 13.4. The molecular formula is C34H32N6O6. The number of rotatable bonds is 10. The van der Waals surface area contributed by atoms with Gasteiger partial charge in [-0.2, -0.15) is 5.26 Å². The molecule has 5 rings (SSSR count). The SMILES string of the molecule is COc1ccc(-c2cnc(N3CCC(NCc4ccc(/C=C/C(=O)NO)cc4)CC3)c(C#N)c2-c2ccc([N+](=O)[O-])cc2)cc1O. The summed E-state index contributed by atoms with van der Waals surface area (Å²) >= 11 is 0. The Balaban J connectivity index is 1.35. The number of aromatic nitrogens is 1. The largest absolute Gasteiger partial charge is 0.504 e. The number of pyridine rings is 1. The molecule has 4 aromatic rings. The summed E-state index contributed by atoms with van der Waals surface area (Å²) in [7, 11) is 1.46. The molecule has 46 heavy (non-hydrogen) atoms. The third-order valence-electron chi connectivity index (χ3n) is 7.93. The molecule has 234 valence electrons. The third-order valence-corrected chi connectivity index (χ3v) is 7.93. The van der Waals surface area contributed by atoms with Crippen LogP contribution in [0.3, 0.4) is 0 Å². The van der Waals surface area contributed by atoms with Crippen molar-refractivity contribution in [3.63, 3.8) is 0 Å². The fourth-order valence-electron chi connectivity index (χ4n) is 5.49. The molecule has 3 aromatic carbocycles. The number of piperidine rings is 1. The number of hydrogen-bond acceptors (Lipinski definition) is 10. The number of non-ortho nitro benzene ring substituents is 1. The quantitative estimate of drug-likeness (QED) is 0.0800. The number of hydroxylamine groups is 1. The second kappa shape index (κ2) is 14.3. The van der Waals surface area contributed by atoms with Crippen molar-refractivity contribution in [3.05, 3.63) is 106 Å². The van der Waals surface area contributed by atoms with Crippen LogP contribution in [0.5, 0.6) is 11.5 Å². The zero-order valence-electron chi connectivity index (χ0n) is 25.0. The number of anilines is 1. The Kier molecular flexibility index (Phi) is 9.87. The molecule has 1 aliphatic heterocycles.